The molecule has 2 N–H and O–H groups in total. The van der Waals surface area contributed by atoms with Gasteiger partial charge in [0, 0.05) is 33.8 Å². The second kappa shape index (κ2) is 8.57. The molecular weight excluding hydrogens is 436 g/mol. The zero-order chi connectivity index (χ0) is 21.3. The van der Waals surface area contributed by atoms with Gasteiger partial charge in [0.15, 0.2) is 5.13 Å². The topological polar surface area (TPSA) is 66.9 Å². The van der Waals surface area contributed by atoms with Crippen LogP contribution in [0.5, 0.6) is 0 Å². The number of carbonyl (C=O) groups excluding carboxylic acids is 1. The van der Waals surface area contributed by atoms with Crippen LogP contribution >= 0.6 is 34.9 Å². The largest absolute Gasteiger partial charge is 0.325 e. The van der Waals surface area contributed by atoms with Gasteiger partial charge in [0.1, 0.15) is 0 Å². The minimum absolute atomic E-state index is 0.0885. The summed E-state index contributed by atoms with van der Waals surface area (Å²) in [6.07, 6.45) is 5.89. The highest BCUT2D eigenvalue weighted by Crippen LogP contribution is 2.38. The van der Waals surface area contributed by atoms with E-state index in [2.05, 4.69) is 15.0 Å². The Morgan fingerprint density at radius 3 is 2.60 bits per heavy atom. The minimum atomic E-state index is -0.750. The van der Waals surface area contributed by atoms with Gasteiger partial charge in [0.2, 0.25) is 5.91 Å². The summed E-state index contributed by atoms with van der Waals surface area (Å²) < 4.78 is 3.33. The molecule has 2 heterocycles. The van der Waals surface area contributed by atoms with E-state index in [4.69, 9.17) is 16.6 Å². The van der Waals surface area contributed by atoms with Crippen LogP contribution < -0.4 is 10.0 Å². The number of carbonyl (C=O) groups is 1. The minimum Gasteiger partial charge on any atom is -0.325 e. The van der Waals surface area contributed by atoms with Crippen LogP contribution in [0.1, 0.15) is 37.3 Å². The van der Waals surface area contributed by atoms with Gasteiger partial charge in [0.05, 0.1) is 16.1 Å². The van der Waals surface area contributed by atoms with E-state index >= 15 is 0 Å². The number of aromatic nitrogens is 2. The molecule has 1 amide bonds. The third-order valence-electron chi connectivity index (χ3n) is 4.97. The van der Waals surface area contributed by atoms with Gasteiger partial charge in [-0.05, 0) is 69.3 Å². The van der Waals surface area contributed by atoms with Crippen LogP contribution in [0.25, 0.3) is 11.1 Å². The van der Waals surface area contributed by atoms with Crippen molar-refractivity contribution in [3.63, 3.8) is 0 Å². The predicted octanol–water partition coefficient (Wildman–Crippen LogP) is 6.31. The van der Waals surface area contributed by atoms with Crippen molar-refractivity contribution < 1.29 is 4.79 Å². The molecule has 1 aliphatic rings. The standard InChI is InChI=1S/C22H23ClN4OS2/c1-13-19(26-21(29-13)27-30-18-8-9-18)22(2,3)20(28)25-17-6-4-14(5-7-17)15-10-16(23)12-24-11-15/h4-7,10-12,18H,8-9H2,1-3H3,(H,25,28)(H,26,27). The van der Waals surface area contributed by atoms with Crippen molar-refractivity contribution in [2.75, 3.05) is 10.0 Å². The average Bonchev–Trinajstić information content (AvgIpc) is 3.47. The van der Waals surface area contributed by atoms with Crippen LogP contribution in [-0.4, -0.2) is 21.1 Å². The lowest BCUT2D eigenvalue weighted by atomic mass is 9.87. The third kappa shape index (κ3) is 4.79. The molecule has 4 rings (SSSR count). The van der Waals surface area contributed by atoms with E-state index in [-0.39, 0.29) is 5.91 Å². The number of aryl methyl sites for hydroxylation is 1. The van der Waals surface area contributed by atoms with Crippen molar-refractivity contribution in [1.29, 1.82) is 0 Å². The van der Waals surface area contributed by atoms with Crippen molar-refractivity contribution >= 4 is 51.6 Å². The van der Waals surface area contributed by atoms with Gasteiger partial charge in [0.25, 0.3) is 0 Å². The second-order valence-electron chi connectivity index (χ2n) is 7.89. The lowest BCUT2D eigenvalue weighted by Gasteiger charge is -2.22. The molecule has 1 fully saturated rings. The molecule has 0 spiro atoms. The van der Waals surface area contributed by atoms with E-state index in [1.54, 1.807) is 35.7 Å². The molecule has 5 nitrogen and oxygen atoms in total. The number of thiazole rings is 1. The fourth-order valence-electron chi connectivity index (χ4n) is 3.05. The molecule has 0 aliphatic heterocycles. The Hall–Kier alpha value is -2.09. The Labute approximate surface area is 189 Å². The predicted molar refractivity (Wildman–Crippen MR) is 127 cm³/mol. The number of benzene rings is 1. The zero-order valence-corrected chi connectivity index (χ0v) is 19.4. The van der Waals surface area contributed by atoms with Crippen LogP contribution in [-0.2, 0) is 10.2 Å². The van der Waals surface area contributed by atoms with Crippen molar-refractivity contribution in [3.8, 4) is 11.1 Å². The SMILES string of the molecule is Cc1sc(NSC2CC2)nc1C(C)(C)C(=O)Nc1ccc(-c2cncc(Cl)c2)cc1. The van der Waals surface area contributed by atoms with E-state index in [0.29, 0.717) is 10.3 Å². The molecule has 3 aromatic rings. The summed E-state index contributed by atoms with van der Waals surface area (Å²) in [4.78, 5) is 23.0. The molecule has 30 heavy (non-hydrogen) atoms. The van der Waals surface area contributed by atoms with Crippen LogP contribution in [0.4, 0.5) is 10.8 Å². The molecule has 1 aliphatic carbocycles. The number of pyridine rings is 1. The summed E-state index contributed by atoms with van der Waals surface area (Å²) in [7, 11) is 0. The molecule has 156 valence electrons. The molecule has 1 aromatic carbocycles. The molecule has 0 radical (unpaired) electrons. The van der Waals surface area contributed by atoms with Crippen LogP contribution in [0.3, 0.4) is 0 Å². The molecule has 1 saturated carbocycles. The number of amides is 1. The Bertz CT molecular complexity index is 1060. The summed E-state index contributed by atoms with van der Waals surface area (Å²) in [6.45, 7) is 5.84. The fraction of sp³-hybridized carbons (Fsp3) is 0.318. The van der Waals surface area contributed by atoms with E-state index < -0.39 is 5.41 Å². The van der Waals surface area contributed by atoms with E-state index in [1.165, 1.54) is 12.8 Å². The highest BCUT2D eigenvalue weighted by atomic mass is 35.5. The number of nitrogens with one attached hydrogen (secondary N) is 2. The van der Waals surface area contributed by atoms with Gasteiger partial charge in [-0.1, -0.05) is 23.7 Å². The Morgan fingerprint density at radius 2 is 1.93 bits per heavy atom. The van der Waals surface area contributed by atoms with Crippen LogP contribution in [0, 0.1) is 6.92 Å². The first kappa shape index (κ1) is 21.2. The highest BCUT2D eigenvalue weighted by Gasteiger charge is 2.34. The summed E-state index contributed by atoms with van der Waals surface area (Å²) in [5.41, 5.74) is 2.72. The summed E-state index contributed by atoms with van der Waals surface area (Å²) >= 11 is 9.35. The van der Waals surface area contributed by atoms with Crippen LogP contribution in [0.2, 0.25) is 5.02 Å². The van der Waals surface area contributed by atoms with Gasteiger partial charge in [-0.2, -0.15) is 0 Å². The summed E-state index contributed by atoms with van der Waals surface area (Å²) in [5.74, 6) is -0.0885. The monoisotopic (exact) mass is 458 g/mol. The molecular formula is C22H23ClN4OS2. The molecule has 0 atom stereocenters. The lowest BCUT2D eigenvalue weighted by molar-refractivity contribution is -0.120. The zero-order valence-electron chi connectivity index (χ0n) is 17.0. The van der Waals surface area contributed by atoms with Crippen molar-refractivity contribution in [1.82, 2.24) is 9.97 Å². The molecule has 8 heteroatoms. The van der Waals surface area contributed by atoms with Gasteiger partial charge >= 0.3 is 0 Å². The Balaban J connectivity index is 1.45. The third-order valence-corrected chi connectivity index (χ3v) is 7.31. The average molecular weight is 459 g/mol. The maximum atomic E-state index is 13.1. The summed E-state index contributed by atoms with van der Waals surface area (Å²) in [6, 6.07) is 9.53. The number of anilines is 2. The smallest absolute Gasteiger partial charge is 0.236 e. The van der Waals surface area contributed by atoms with Crippen molar-refractivity contribution in [2.24, 2.45) is 0 Å². The van der Waals surface area contributed by atoms with Crippen molar-refractivity contribution in [2.45, 2.75) is 44.3 Å². The first-order chi connectivity index (χ1) is 14.3. The fourth-order valence-corrected chi connectivity index (χ4v) is 5.04. The number of hydrogen-bond acceptors (Lipinski definition) is 6. The quantitative estimate of drug-likeness (QED) is 0.406. The first-order valence-electron chi connectivity index (χ1n) is 9.75. The normalized spacial score (nSPS) is 13.9. The molecule has 0 saturated heterocycles. The number of nitrogens with zero attached hydrogens (tertiary/aromatic N) is 2. The van der Waals surface area contributed by atoms with Gasteiger partial charge in [-0.3, -0.25) is 9.78 Å². The highest BCUT2D eigenvalue weighted by molar-refractivity contribution is 8.01. The Kier molecular flexibility index (Phi) is 6.04. The number of halogens is 1. The number of hydrogen-bond donors (Lipinski definition) is 2. The van der Waals surface area contributed by atoms with E-state index in [1.807, 2.05) is 51.1 Å². The maximum Gasteiger partial charge on any atom is 0.236 e. The maximum absolute atomic E-state index is 13.1. The molecule has 2 aromatic heterocycles. The first-order valence-corrected chi connectivity index (χ1v) is 11.8. The van der Waals surface area contributed by atoms with Gasteiger partial charge in [-0.25, -0.2) is 4.98 Å². The second-order valence-corrected chi connectivity index (χ2v) is 10.6. The van der Waals surface area contributed by atoms with E-state index in [9.17, 15) is 4.79 Å². The van der Waals surface area contributed by atoms with Crippen molar-refractivity contribution in [3.05, 3.63) is 58.3 Å². The summed E-state index contributed by atoms with van der Waals surface area (Å²) in [5, 5.41) is 5.17. The van der Waals surface area contributed by atoms with E-state index in [0.717, 1.165) is 32.5 Å². The van der Waals surface area contributed by atoms with Crippen LogP contribution in [0.15, 0.2) is 42.7 Å². The van der Waals surface area contributed by atoms with Gasteiger partial charge in [-0.15, -0.1) is 11.3 Å². The Morgan fingerprint density at radius 1 is 1.20 bits per heavy atom. The molecule has 0 bridgehead atoms. The number of rotatable bonds is 7. The van der Waals surface area contributed by atoms with Gasteiger partial charge < -0.3 is 10.0 Å². The molecule has 0 unspecified atom stereocenters. The lowest BCUT2D eigenvalue weighted by Crippen LogP contribution is -2.35.